The summed E-state index contributed by atoms with van der Waals surface area (Å²) < 4.78 is 1.06. The van der Waals surface area contributed by atoms with Crippen LogP contribution in [-0.4, -0.2) is 15.4 Å². The smallest absolute Gasteiger partial charge is 0.271 e. The molecule has 0 saturated carbocycles. The fourth-order valence-corrected chi connectivity index (χ4v) is 2.39. The zero-order valence-electron chi connectivity index (χ0n) is 11.9. The monoisotopic (exact) mass is 355 g/mol. The maximum absolute atomic E-state index is 12.1. The number of nitro groups is 1. The van der Waals surface area contributed by atoms with Crippen LogP contribution >= 0.6 is 23.2 Å². The minimum atomic E-state index is -0.559. The molecule has 1 amide bonds. The van der Waals surface area contributed by atoms with Gasteiger partial charge in [0.05, 0.1) is 15.6 Å². The average molecular weight is 356 g/mol. The molecule has 0 saturated heterocycles. The number of hydrogen-bond acceptors (Lipinski definition) is 4. The maximum Gasteiger partial charge on any atom is 0.271 e. The maximum atomic E-state index is 12.1. The number of carbonyl (C=O) groups is 1. The zero-order chi connectivity index (χ0) is 17.1. The first kappa shape index (κ1) is 17.0. The van der Waals surface area contributed by atoms with Crippen molar-refractivity contribution in [3.05, 3.63) is 66.5 Å². The third kappa shape index (κ3) is 4.08. The summed E-state index contributed by atoms with van der Waals surface area (Å²) in [6.07, 6.45) is 1.29. The number of pyridine rings is 1. The highest BCUT2D eigenvalue weighted by Gasteiger charge is 2.13. The number of nitrogens with one attached hydrogen (secondary N) is 1. The number of carbonyl (C=O) groups excluding carboxylic acids is 1. The molecule has 1 heterocycles. The topological polar surface area (TPSA) is 94.2 Å². The van der Waals surface area contributed by atoms with Gasteiger partial charge in [-0.1, -0.05) is 29.3 Å². The largest absolute Gasteiger partial charge is 0.324 e. The van der Waals surface area contributed by atoms with Gasteiger partial charge in [-0.05, 0) is 18.6 Å². The van der Waals surface area contributed by atoms with Crippen LogP contribution in [0.2, 0.25) is 10.0 Å². The number of rotatable bonds is 4. The second-order valence-corrected chi connectivity index (χ2v) is 5.59. The van der Waals surface area contributed by atoms with Crippen molar-refractivity contribution in [2.75, 3.05) is 5.32 Å². The van der Waals surface area contributed by atoms with Crippen molar-refractivity contribution >= 4 is 40.5 Å². The van der Waals surface area contributed by atoms with Gasteiger partial charge >= 0.3 is 0 Å². The minimum absolute atomic E-state index is 0.100. The highest BCUT2D eigenvalue weighted by Crippen LogP contribution is 2.21. The molecule has 9 heteroatoms. The van der Waals surface area contributed by atoms with Crippen LogP contribution in [0.15, 0.2) is 35.3 Å². The van der Waals surface area contributed by atoms with E-state index in [0.717, 1.165) is 4.57 Å². The minimum Gasteiger partial charge on any atom is -0.324 e. The molecule has 0 aliphatic rings. The van der Waals surface area contributed by atoms with Gasteiger partial charge in [0.1, 0.15) is 11.6 Å². The summed E-state index contributed by atoms with van der Waals surface area (Å²) in [5.74, 6) is -0.533. The molecule has 0 bridgehead atoms. The Morgan fingerprint density at radius 2 is 2.04 bits per heavy atom. The predicted molar refractivity (Wildman–Crippen MR) is 87.2 cm³/mol. The number of hydrogen-bond donors (Lipinski definition) is 1. The molecular formula is C14H11Cl2N3O4. The van der Waals surface area contributed by atoms with Crippen molar-refractivity contribution in [1.82, 2.24) is 4.57 Å². The van der Waals surface area contributed by atoms with Crippen LogP contribution in [0.5, 0.6) is 0 Å². The fourth-order valence-electron chi connectivity index (χ4n) is 1.88. The van der Waals surface area contributed by atoms with Crippen molar-refractivity contribution < 1.29 is 9.72 Å². The van der Waals surface area contributed by atoms with E-state index in [-0.39, 0.29) is 22.3 Å². The standard InChI is InChI=1S/C14H11Cl2N3O4/c1-8-2-3-10(19(22)23)5-12(8)17-13(20)7-18-6-9(15)4-11(16)14(18)21/h2-6H,7H2,1H3,(H,17,20). The Balaban J connectivity index is 2.22. The van der Waals surface area contributed by atoms with Gasteiger partial charge < -0.3 is 9.88 Å². The highest BCUT2D eigenvalue weighted by molar-refractivity contribution is 6.34. The molecule has 1 aromatic heterocycles. The molecule has 0 fully saturated rings. The molecule has 0 radical (unpaired) electrons. The van der Waals surface area contributed by atoms with Crippen LogP contribution in [-0.2, 0) is 11.3 Å². The van der Waals surface area contributed by atoms with Gasteiger partial charge in [-0.3, -0.25) is 19.7 Å². The lowest BCUT2D eigenvalue weighted by Crippen LogP contribution is -2.27. The lowest BCUT2D eigenvalue weighted by Gasteiger charge is -2.10. The molecule has 0 spiro atoms. The molecule has 1 N–H and O–H groups in total. The Hall–Kier alpha value is -2.38. The fraction of sp³-hybridized carbons (Fsp3) is 0.143. The lowest BCUT2D eigenvalue weighted by atomic mass is 10.2. The second-order valence-electron chi connectivity index (χ2n) is 4.74. The molecule has 7 nitrogen and oxygen atoms in total. The summed E-state index contributed by atoms with van der Waals surface area (Å²) in [6.45, 7) is 1.38. The molecule has 0 unspecified atom stereocenters. The Morgan fingerprint density at radius 3 is 2.70 bits per heavy atom. The summed E-state index contributed by atoms with van der Waals surface area (Å²) in [5, 5.41) is 13.4. The Kier molecular flexibility index (Phi) is 5.02. The summed E-state index contributed by atoms with van der Waals surface area (Å²) in [5.41, 5.74) is 0.252. The molecule has 0 atom stereocenters. The van der Waals surface area contributed by atoms with E-state index in [1.54, 1.807) is 6.92 Å². The number of nitrogens with zero attached hydrogens (tertiary/aromatic N) is 2. The first-order valence-corrected chi connectivity index (χ1v) is 7.14. The average Bonchev–Trinajstić information content (AvgIpc) is 2.46. The Morgan fingerprint density at radius 1 is 1.35 bits per heavy atom. The van der Waals surface area contributed by atoms with Crippen LogP contribution < -0.4 is 10.9 Å². The van der Waals surface area contributed by atoms with E-state index in [1.807, 2.05) is 0 Å². The van der Waals surface area contributed by atoms with E-state index in [4.69, 9.17) is 23.2 Å². The van der Waals surface area contributed by atoms with E-state index < -0.39 is 16.4 Å². The SMILES string of the molecule is Cc1ccc([N+](=O)[O-])cc1NC(=O)Cn1cc(Cl)cc(Cl)c1=O. The predicted octanol–water partition coefficient (Wildman–Crippen LogP) is 3.01. The van der Waals surface area contributed by atoms with E-state index in [0.29, 0.717) is 11.3 Å². The van der Waals surface area contributed by atoms with Gasteiger partial charge in [-0.15, -0.1) is 0 Å². The number of benzene rings is 1. The molecule has 2 aromatic rings. The van der Waals surface area contributed by atoms with Gasteiger partial charge in [-0.25, -0.2) is 0 Å². The molecule has 0 aliphatic heterocycles. The van der Waals surface area contributed by atoms with Crippen LogP contribution in [0.25, 0.3) is 0 Å². The molecule has 0 aliphatic carbocycles. The Labute approximate surface area is 140 Å². The highest BCUT2D eigenvalue weighted by atomic mass is 35.5. The van der Waals surface area contributed by atoms with Crippen molar-refractivity contribution in [3.63, 3.8) is 0 Å². The van der Waals surface area contributed by atoms with Crippen LogP contribution in [0.3, 0.4) is 0 Å². The van der Waals surface area contributed by atoms with Crippen LogP contribution in [0.4, 0.5) is 11.4 Å². The summed E-state index contributed by atoms with van der Waals surface area (Å²) in [6, 6.07) is 5.40. The number of non-ortho nitro benzene ring substituents is 1. The first-order chi connectivity index (χ1) is 10.8. The van der Waals surface area contributed by atoms with Crippen molar-refractivity contribution in [2.24, 2.45) is 0 Å². The van der Waals surface area contributed by atoms with Gasteiger partial charge in [-0.2, -0.15) is 0 Å². The van der Waals surface area contributed by atoms with E-state index in [9.17, 15) is 19.7 Å². The molecule has 2 rings (SSSR count). The first-order valence-electron chi connectivity index (χ1n) is 6.38. The van der Waals surface area contributed by atoms with Gasteiger partial charge in [0, 0.05) is 18.3 Å². The number of aryl methyl sites for hydroxylation is 1. The van der Waals surface area contributed by atoms with Crippen LogP contribution in [0.1, 0.15) is 5.56 Å². The van der Waals surface area contributed by atoms with Crippen molar-refractivity contribution in [2.45, 2.75) is 13.5 Å². The number of halogens is 2. The van der Waals surface area contributed by atoms with Crippen molar-refractivity contribution in [3.8, 4) is 0 Å². The normalized spacial score (nSPS) is 10.4. The van der Waals surface area contributed by atoms with Gasteiger partial charge in [0.15, 0.2) is 0 Å². The summed E-state index contributed by atoms with van der Waals surface area (Å²) in [7, 11) is 0. The molecule has 23 heavy (non-hydrogen) atoms. The van der Waals surface area contributed by atoms with Crippen LogP contribution in [0, 0.1) is 17.0 Å². The number of aromatic nitrogens is 1. The molecular weight excluding hydrogens is 345 g/mol. The molecule has 120 valence electrons. The van der Waals surface area contributed by atoms with Gasteiger partial charge in [0.2, 0.25) is 5.91 Å². The summed E-state index contributed by atoms with van der Waals surface area (Å²) in [4.78, 5) is 34.1. The van der Waals surface area contributed by atoms with E-state index in [1.165, 1.54) is 30.5 Å². The third-order valence-corrected chi connectivity index (χ3v) is 3.51. The number of anilines is 1. The van der Waals surface area contributed by atoms with Gasteiger partial charge in [0.25, 0.3) is 11.2 Å². The van der Waals surface area contributed by atoms with Crippen molar-refractivity contribution in [1.29, 1.82) is 0 Å². The zero-order valence-corrected chi connectivity index (χ0v) is 13.4. The van der Waals surface area contributed by atoms with E-state index in [2.05, 4.69) is 5.32 Å². The second kappa shape index (κ2) is 6.80. The lowest BCUT2D eigenvalue weighted by molar-refractivity contribution is -0.384. The number of nitro benzene ring substituents is 1. The summed E-state index contributed by atoms with van der Waals surface area (Å²) >= 11 is 11.5. The molecule has 1 aromatic carbocycles. The number of amides is 1. The van der Waals surface area contributed by atoms with E-state index >= 15 is 0 Å². The Bertz CT molecular complexity index is 848. The quantitative estimate of drug-likeness (QED) is 0.673. The third-order valence-electron chi connectivity index (χ3n) is 3.03.